The minimum absolute atomic E-state index is 0.0488. The molecule has 1 saturated heterocycles. The quantitative estimate of drug-likeness (QED) is 0.880. The average Bonchev–Trinajstić information content (AvgIpc) is 3.11. The van der Waals surface area contributed by atoms with E-state index in [2.05, 4.69) is 10.6 Å². The number of nitrogens with one attached hydrogen (secondary N) is 2. The van der Waals surface area contributed by atoms with Gasteiger partial charge < -0.3 is 15.5 Å². The molecule has 3 rings (SSSR count). The summed E-state index contributed by atoms with van der Waals surface area (Å²) in [6.45, 7) is 4.24. The molecule has 0 unspecified atom stereocenters. The molecule has 0 radical (unpaired) electrons. The van der Waals surface area contributed by atoms with Gasteiger partial charge in [-0.2, -0.15) is 0 Å². The van der Waals surface area contributed by atoms with Gasteiger partial charge in [-0.15, -0.1) is 11.3 Å². The molecule has 5 nitrogen and oxygen atoms in total. The van der Waals surface area contributed by atoms with E-state index in [1.54, 1.807) is 24.3 Å². The standard InChI is InChI=1S/C17H18ClN3O2S/c1-11-10-19-6-7-21(11)17(23)12-4-5-13(18)14(9-12)20-16(22)15-3-2-8-24-15/h2-5,8-9,11,19H,6-7,10H2,1H3,(H,20,22)/t11-/m0/s1. The van der Waals surface area contributed by atoms with Gasteiger partial charge in [-0.1, -0.05) is 17.7 Å². The topological polar surface area (TPSA) is 61.4 Å². The van der Waals surface area contributed by atoms with E-state index in [1.807, 2.05) is 23.3 Å². The molecule has 1 aliphatic rings. The Morgan fingerprint density at radius 3 is 2.92 bits per heavy atom. The highest BCUT2D eigenvalue weighted by molar-refractivity contribution is 7.12. The molecule has 0 aliphatic carbocycles. The van der Waals surface area contributed by atoms with E-state index in [-0.39, 0.29) is 17.9 Å². The largest absolute Gasteiger partial charge is 0.333 e. The molecule has 2 amide bonds. The summed E-state index contributed by atoms with van der Waals surface area (Å²) in [7, 11) is 0. The number of piperazine rings is 1. The fourth-order valence-corrected chi connectivity index (χ4v) is 3.44. The van der Waals surface area contributed by atoms with Gasteiger partial charge in [0.2, 0.25) is 0 Å². The lowest BCUT2D eigenvalue weighted by molar-refractivity contribution is 0.0655. The summed E-state index contributed by atoms with van der Waals surface area (Å²) in [6, 6.07) is 8.67. The molecular weight excluding hydrogens is 346 g/mol. The van der Waals surface area contributed by atoms with Crippen LogP contribution >= 0.6 is 22.9 Å². The predicted molar refractivity (Wildman–Crippen MR) is 97.1 cm³/mol. The lowest BCUT2D eigenvalue weighted by atomic mass is 10.1. The third-order valence-electron chi connectivity index (χ3n) is 3.97. The van der Waals surface area contributed by atoms with Crippen LogP contribution in [0.15, 0.2) is 35.7 Å². The van der Waals surface area contributed by atoms with Crippen LogP contribution in [0.4, 0.5) is 5.69 Å². The van der Waals surface area contributed by atoms with E-state index in [9.17, 15) is 9.59 Å². The number of hydrogen-bond donors (Lipinski definition) is 2. The van der Waals surface area contributed by atoms with Crippen molar-refractivity contribution >= 4 is 40.4 Å². The van der Waals surface area contributed by atoms with Crippen molar-refractivity contribution in [1.29, 1.82) is 0 Å². The summed E-state index contributed by atoms with van der Waals surface area (Å²) in [5.41, 5.74) is 0.971. The minimum Gasteiger partial charge on any atom is -0.333 e. The van der Waals surface area contributed by atoms with Gasteiger partial charge in [0, 0.05) is 31.2 Å². The van der Waals surface area contributed by atoms with E-state index in [1.165, 1.54) is 11.3 Å². The van der Waals surface area contributed by atoms with Gasteiger partial charge in [-0.05, 0) is 36.6 Å². The Labute approximate surface area is 149 Å². The lowest BCUT2D eigenvalue weighted by Crippen LogP contribution is -2.52. The summed E-state index contributed by atoms with van der Waals surface area (Å²) < 4.78 is 0. The van der Waals surface area contributed by atoms with Gasteiger partial charge in [-0.25, -0.2) is 0 Å². The second-order valence-electron chi connectivity index (χ2n) is 5.68. The third-order valence-corrected chi connectivity index (χ3v) is 5.17. The van der Waals surface area contributed by atoms with Gasteiger partial charge in [0.05, 0.1) is 15.6 Å². The highest BCUT2D eigenvalue weighted by Gasteiger charge is 2.24. The van der Waals surface area contributed by atoms with Crippen LogP contribution in [0.1, 0.15) is 27.0 Å². The van der Waals surface area contributed by atoms with Crippen LogP contribution in [0.2, 0.25) is 5.02 Å². The number of halogens is 1. The third kappa shape index (κ3) is 3.61. The van der Waals surface area contributed by atoms with Gasteiger partial charge >= 0.3 is 0 Å². The maximum absolute atomic E-state index is 12.7. The Morgan fingerprint density at radius 2 is 2.21 bits per heavy atom. The molecule has 7 heteroatoms. The Kier molecular flexibility index (Phi) is 5.18. The Morgan fingerprint density at radius 1 is 1.38 bits per heavy atom. The van der Waals surface area contributed by atoms with Crippen molar-refractivity contribution in [2.24, 2.45) is 0 Å². The molecule has 2 heterocycles. The highest BCUT2D eigenvalue weighted by Crippen LogP contribution is 2.25. The molecule has 0 spiro atoms. The zero-order valence-corrected chi connectivity index (χ0v) is 14.8. The van der Waals surface area contributed by atoms with Crippen molar-refractivity contribution in [3.05, 3.63) is 51.2 Å². The van der Waals surface area contributed by atoms with Crippen LogP contribution in [-0.2, 0) is 0 Å². The molecule has 0 bridgehead atoms. The minimum atomic E-state index is -0.230. The average molecular weight is 364 g/mol. The molecule has 2 N–H and O–H groups in total. The Bertz CT molecular complexity index is 748. The second-order valence-corrected chi connectivity index (χ2v) is 7.03. The first-order chi connectivity index (χ1) is 11.6. The maximum atomic E-state index is 12.7. The summed E-state index contributed by atoms with van der Waals surface area (Å²) >= 11 is 7.53. The summed E-state index contributed by atoms with van der Waals surface area (Å²) in [5, 5.41) is 8.28. The van der Waals surface area contributed by atoms with Crippen LogP contribution in [0.25, 0.3) is 0 Å². The van der Waals surface area contributed by atoms with Crippen molar-refractivity contribution in [3.63, 3.8) is 0 Å². The Balaban J connectivity index is 1.80. The van der Waals surface area contributed by atoms with Crippen LogP contribution < -0.4 is 10.6 Å². The van der Waals surface area contributed by atoms with Crippen molar-refractivity contribution in [2.75, 3.05) is 25.0 Å². The number of nitrogens with zero attached hydrogens (tertiary/aromatic N) is 1. The number of thiophene rings is 1. The van der Waals surface area contributed by atoms with E-state index < -0.39 is 0 Å². The molecule has 1 aliphatic heterocycles. The molecule has 1 fully saturated rings. The van der Waals surface area contributed by atoms with Crippen LogP contribution in [0.3, 0.4) is 0 Å². The van der Waals surface area contributed by atoms with E-state index in [4.69, 9.17) is 11.6 Å². The molecule has 1 aromatic carbocycles. The monoisotopic (exact) mass is 363 g/mol. The zero-order valence-electron chi connectivity index (χ0n) is 13.2. The maximum Gasteiger partial charge on any atom is 0.265 e. The predicted octanol–water partition coefficient (Wildman–Crippen LogP) is 3.09. The first-order valence-electron chi connectivity index (χ1n) is 7.72. The second kappa shape index (κ2) is 7.34. The molecule has 24 heavy (non-hydrogen) atoms. The van der Waals surface area contributed by atoms with Crippen molar-refractivity contribution in [3.8, 4) is 0 Å². The number of benzene rings is 1. The van der Waals surface area contributed by atoms with Crippen LogP contribution in [0, 0.1) is 0 Å². The van der Waals surface area contributed by atoms with Crippen molar-refractivity contribution in [2.45, 2.75) is 13.0 Å². The number of hydrogen-bond acceptors (Lipinski definition) is 4. The number of carbonyl (C=O) groups is 2. The van der Waals surface area contributed by atoms with Gasteiger partial charge in [0.1, 0.15) is 0 Å². The molecule has 1 atom stereocenters. The number of rotatable bonds is 3. The lowest BCUT2D eigenvalue weighted by Gasteiger charge is -2.34. The fourth-order valence-electron chi connectivity index (χ4n) is 2.65. The summed E-state index contributed by atoms with van der Waals surface area (Å²) in [6.07, 6.45) is 0. The first-order valence-corrected chi connectivity index (χ1v) is 8.98. The number of amides is 2. The van der Waals surface area contributed by atoms with E-state index >= 15 is 0 Å². The van der Waals surface area contributed by atoms with Crippen LogP contribution in [-0.4, -0.2) is 42.4 Å². The smallest absolute Gasteiger partial charge is 0.265 e. The summed E-state index contributed by atoms with van der Waals surface area (Å²) in [4.78, 5) is 27.4. The van der Waals surface area contributed by atoms with Crippen molar-refractivity contribution < 1.29 is 9.59 Å². The van der Waals surface area contributed by atoms with Gasteiger partial charge in [0.25, 0.3) is 11.8 Å². The Hall–Kier alpha value is -1.89. The number of carbonyl (C=O) groups excluding carboxylic acids is 2. The first kappa shape index (κ1) is 17.0. The fraction of sp³-hybridized carbons (Fsp3) is 0.294. The summed E-state index contributed by atoms with van der Waals surface area (Å²) in [5.74, 6) is -0.278. The van der Waals surface area contributed by atoms with E-state index in [0.717, 1.165) is 13.1 Å². The van der Waals surface area contributed by atoms with Crippen LogP contribution in [0.5, 0.6) is 0 Å². The SMILES string of the molecule is C[C@H]1CNCCN1C(=O)c1ccc(Cl)c(NC(=O)c2cccs2)c1. The zero-order chi connectivity index (χ0) is 17.1. The molecular formula is C17H18ClN3O2S. The molecule has 2 aromatic rings. The molecule has 126 valence electrons. The molecule has 1 aromatic heterocycles. The normalized spacial score (nSPS) is 17.6. The molecule has 0 saturated carbocycles. The van der Waals surface area contributed by atoms with Gasteiger partial charge in [0.15, 0.2) is 0 Å². The van der Waals surface area contributed by atoms with E-state index in [0.29, 0.717) is 27.7 Å². The number of anilines is 1. The highest BCUT2D eigenvalue weighted by atomic mass is 35.5. The van der Waals surface area contributed by atoms with Gasteiger partial charge in [-0.3, -0.25) is 9.59 Å². The van der Waals surface area contributed by atoms with Crippen molar-refractivity contribution in [1.82, 2.24) is 10.2 Å².